The number of pyridine rings is 2. The first-order chi connectivity index (χ1) is 7.66. The number of nitrogens with zero attached hydrogens (tertiary/aromatic N) is 2. The van der Waals surface area contributed by atoms with Crippen molar-refractivity contribution in [1.82, 2.24) is 9.97 Å². The minimum Gasteiger partial charge on any atom is -0.248 e. The van der Waals surface area contributed by atoms with Gasteiger partial charge in [0.2, 0.25) is 0 Å². The Balaban J connectivity index is 2.28. The first kappa shape index (κ1) is 12.1. The van der Waals surface area contributed by atoms with Gasteiger partial charge in [-0.15, -0.1) is 0 Å². The monoisotopic (exact) mass is 358 g/mol. The Kier molecular flexibility index (Phi) is 4.00. The molecule has 0 radical (unpaired) electrons. The van der Waals surface area contributed by atoms with E-state index in [1.807, 2.05) is 31.2 Å². The van der Waals surface area contributed by atoms with Gasteiger partial charge in [-0.3, -0.25) is 0 Å². The molecule has 0 aliphatic carbocycles. The van der Waals surface area contributed by atoms with Crippen LogP contribution in [0.4, 0.5) is 0 Å². The second kappa shape index (κ2) is 5.29. The van der Waals surface area contributed by atoms with Gasteiger partial charge >= 0.3 is 0 Å². The maximum Gasteiger partial charge on any atom is 0.116 e. The van der Waals surface area contributed by atoms with Crippen LogP contribution in [0, 0.1) is 6.92 Å². The van der Waals surface area contributed by atoms with E-state index >= 15 is 0 Å². The molecule has 0 unspecified atom stereocenters. The normalized spacial score (nSPS) is 10.4. The number of hydrogen-bond acceptors (Lipinski definition) is 3. The van der Waals surface area contributed by atoms with E-state index in [0.29, 0.717) is 0 Å². The highest BCUT2D eigenvalue weighted by Gasteiger charge is 2.05. The van der Waals surface area contributed by atoms with Crippen molar-refractivity contribution in [3.8, 4) is 0 Å². The molecular formula is C11H8Br2N2S. The lowest BCUT2D eigenvalue weighted by molar-refractivity contribution is 1.03. The van der Waals surface area contributed by atoms with Crippen LogP contribution >= 0.6 is 43.6 Å². The minimum atomic E-state index is 0.928. The summed E-state index contributed by atoms with van der Waals surface area (Å²) < 4.78 is 2.01. The van der Waals surface area contributed by atoms with Gasteiger partial charge in [0, 0.05) is 10.7 Å². The van der Waals surface area contributed by atoms with Crippen LogP contribution < -0.4 is 0 Å². The van der Waals surface area contributed by atoms with E-state index in [2.05, 4.69) is 41.8 Å². The molecule has 2 heterocycles. The zero-order valence-electron chi connectivity index (χ0n) is 8.45. The largest absolute Gasteiger partial charge is 0.248 e. The lowest BCUT2D eigenvalue weighted by Crippen LogP contribution is -1.87. The Labute approximate surface area is 115 Å². The van der Waals surface area contributed by atoms with Gasteiger partial charge < -0.3 is 0 Å². The fourth-order valence-electron chi connectivity index (χ4n) is 1.12. The summed E-state index contributed by atoms with van der Waals surface area (Å²) in [5.74, 6) is 0. The average molecular weight is 360 g/mol. The van der Waals surface area contributed by atoms with Crippen molar-refractivity contribution in [2.45, 2.75) is 17.0 Å². The molecule has 0 atom stereocenters. The molecule has 0 bridgehead atoms. The maximum absolute atomic E-state index is 4.46. The highest BCUT2D eigenvalue weighted by molar-refractivity contribution is 9.10. The standard InChI is InChI=1S/C11H8Br2N2S/c1-7-8(12)4-5-10(15-7)16-11-9(13)3-2-6-14-11/h2-6H,1H3. The van der Waals surface area contributed by atoms with Gasteiger partial charge in [-0.25, -0.2) is 9.97 Å². The quantitative estimate of drug-likeness (QED) is 0.791. The summed E-state index contributed by atoms with van der Waals surface area (Å²) in [5.41, 5.74) is 0.983. The third kappa shape index (κ3) is 2.84. The van der Waals surface area contributed by atoms with Crippen LogP contribution in [-0.4, -0.2) is 9.97 Å². The maximum atomic E-state index is 4.46. The Morgan fingerprint density at radius 3 is 2.62 bits per heavy atom. The molecule has 0 spiro atoms. The van der Waals surface area contributed by atoms with Crippen LogP contribution in [0.25, 0.3) is 0 Å². The fraction of sp³-hybridized carbons (Fsp3) is 0.0909. The summed E-state index contributed by atoms with van der Waals surface area (Å²) in [7, 11) is 0. The van der Waals surface area contributed by atoms with Crippen molar-refractivity contribution in [2.24, 2.45) is 0 Å². The molecule has 2 aromatic rings. The zero-order valence-corrected chi connectivity index (χ0v) is 12.4. The summed E-state index contributed by atoms with van der Waals surface area (Å²) in [6, 6.07) is 7.85. The third-order valence-electron chi connectivity index (χ3n) is 1.92. The van der Waals surface area contributed by atoms with Crippen LogP contribution in [0.1, 0.15) is 5.69 Å². The first-order valence-corrected chi connectivity index (χ1v) is 6.98. The molecule has 0 aliphatic heterocycles. The second-order valence-electron chi connectivity index (χ2n) is 3.11. The number of rotatable bonds is 2. The molecule has 0 aliphatic rings. The van der Waals surface area contributed by atoms with Crippen molar-refractivity contribution in [3.63, 3.8) is 0 Å². The SMILES string of the molecule is Cc1nc(Sc2ncccc2Br)ccc1Br. The molecule has 16 heavy (non-hydrogen) atoms. The summed E-state index contributed by atoms with van der Waals surface area (Å²) in [6.45, 7) is 1.97. The van der Waals surface area contributed by atoms with Crippen LogP contribution in [0.5, 0.6) is 0 Å². The van der Waals surface area contributed by atoms with E-state index in [0.717, 1.165) is 24.7 Å². The molecule has 82 valence electrons. The van der Waals surface area contributed by atoms with Gasteiger partial charge in [0.1, 0.15) is 10.1 Å². The van der Waals surface area contributed by atoms with E-state index in [1.165, 1.54) is 0 Å². The van der Waals surface area contributed by atoms with Crippen LogP contribution in [-0.2, 0) is 0 Å². The minimum absolute atomic E-state index is 0.928. The van der Waals surface area contributed by atoms with Crippen LogP contribution in [0.15, 0.2) is 49.5 Å². The highest BCUT2D eigenvalue weighted by Crippen LogP contribution is 2.31. The Bertz CT molecular complexity index is 517. The molecule has 0 aromatic carbocycles. The molecular weight excluding hydrogens is 352 g/mol. The van der Waals surface area contributed by atoms with Gasteiger partial charge in [-0.05, 0) is 74.8 Å². The van der Waals surface area contributed by atoms with Gasteiger partial charge in [0.05, 0.1) is 10.2 Å². The molecule has 0 N–H and O–H groups in total. The lowest BCUT2D eigenvalue weighted by atomic mass is 10.4. The van der Waals surface area contributed by atoms with Crippen molar-refractivity contribution in [3.05, 3.63) is 45.1 Å². The number of halogens is 2. The second-order valence-corrected chi connectivity index (χ2v) is 5.83. The number of hydrogen-bond donors (Lipinski definition) is 0. The average Bonchev–Trinajstić information content (AvgIpc) is 2.27. The summed E-state index contributed by atoms with van der Waals surface area (Å²) >= 11 is 8.45. The first-order valence-electron chi connectivity index (χ1n) is 4.58. The van der Waals surface area contributed by atoms with E-state index in [9.17, 15) is 0 Å². The van der Waals surface area contributed by atoms with Gasteiger partial charge in [0.25, 0.3) is 0 Å². The lowest BCUT2D eigenvalue weighted by Gasteiger charge is -2.04. The fourth-order valence-corrected chi connectivity index (χ4v) is 2.64. The predicted molar refractivity (Wildman–Crippen MR) is 72.7 cm³/mol. The van der Waals surface area contributed by atoms with Gasteiger partial charge in [-0.2, -0.15) is 0 Å². The number of aromatic nitrogens is 2. The van der Waals surface area contributed by atoms with E-state index in [-0.39, 0.29) is 0 Å². The molecule has 0 amide bonds. The summed E-state index contributed by atoms with van der Waals surface area (Å²) in [6.07, 6.45) is 1.78. The van der Waals surface area contributed by atoms with Crippen molar-refractivity contribution < 1.29 is 0 Å². The topological polar surface area (TPSA) is 25.8 Å². The van der Waals surface area contributed by atoms with Crippen molar-refractivity contribution >= 4 is 43.6 Å². The Morgan fingerprint density at radius 2 is 1.94 bits per heavy atom. The Hall–Kier alpha value is -0.390. The molecule has 2 aromatic heterocycles. The van der Waals surface area contributed by atoms with Crippen molar-refractivity contribution in [1.29, 1.82) is 0 Å². The molecule has 5 heteroatoms. The zero-order chi connectivity index (χ0) is 11.5. The number of aryl methyl sites for hydroxylation is 1. The van der Waals surface area contributed by atoms with Crippen molar-refractivity contribution in [2.75, 3.05) is 0 Å². The van der Waals surface area contributed by atoms with Crippen LogP contribution in [0.2, 0.25) is 0 Å². The molecule has 0 fully saturated rings. The molecule has 2 nitrogen and oxygen atoms in total. The van der Waals surface area contributed by atoms with E-state index in [4.69, 9.17) is 0 Å². The van der Waals surface area contributed by atoms with Gasteiger partial charge in [0.15, 0.2) is 0 Å². The predicted octanol–water partition coefficient (Wildman–Crippen LogP) is 4.46. The smallest absolute Gasteiger partial charge is 0.116 e. The van der Waals surface area contributed by atoms with Crippen LogP contribution in [0.3, 0.4) is 0 Å². The molecule has 2 rings (SSSR count). The Morgan fingerprint density at radius 1 is 1.12 bits per heavy atom. The summed E-state index contributed by atoms with van der Waals surface area (Å²) in [4.78, 5) is 8.75. The highest BCUT2D eigenvalue weighted by atomic mass is 79.9. The van der Waals surface area contributed by atoms with E-state index < -0.39 is 0 Å². The van der Waals surface area contributed by atoms with Gasteiger partial charge in [-0.1, -0.05) is 0 Å². The summed E-state index contributed by atoms with van der Waals surface area (Å²) in [5, 5.41) is 1.87. The third-order valence-corrected chi connectivity index (χ3v) is 4.62. The molecule has 0 saturated carbocycles. The molecule has 0 saturated heterocycles. The van der Waals surface area contributed by atoms with E-state index in [1.54, 1.807) is 18.0 Å².